The van der Waals surface area contributed by atoms with Gasteiger partial charge in [-0.05, 0) is 18.2 Å². The fourth-order valence-electron chi connectivity index (χ4n) is 1.11. The number of benzene rings is 1. The zero-order valence-corrected chi connectivity index (χ0v) is 7.91. The Hall–Kier alpha value is -1.36. The number of hydrogen-bond donors (Lipinski definition) is 1. The van der Waals surface area contributed by atoms with Crippen LogP contribution in [0.5, 0.6) is 5.75 Å². The van der Waals surface area contributed by atoms with Gasteiger partial charge in [0, 0.05) is 9.65 Å². The van der Waals surface area contributed by atoms with E-state index in [0.29, 0.717) is 11.0 Å². The predicted octanol–water partition coefficient (Wildman–Crippen LogP) is 3.30. The lowest BCUT2D eigenvalue weighted by Crippen LogP contribution is -1.65. The molecule has 0 saturated carbocycles. The van der Waals surface area contributed by atoms with Gasteiger partial charge in [-0.25, -0.2) is 0 Å². The van der Waals surface area contributed by atoms with Crippen molar-refractivity contribution in [3.8, 4) is 5.75 Å². The molecule has 1 N–H and O–H groups in total. The molecule has 1 aromatic carbocycles. The van der Waals surface area contributed by atoms with Crippen molar-refractivity contribution in [3.63, 3.8) is 0 Å². The molecule has 2 rings (SSSR count). The molecular formula is C8H4BrNO3. The maximum atomic E-state index is 10.2. The van der Waals surface area contributed by atoms with Gasteiger partial charge in [-0.15, -0.1) is 4.91 Å². The average molecular weight is 242 g/mol. The van der Waals surface area contributed by atoms with Crippen LogP contribution in [0.25, 0.3) is 11.0 Å². The van der Waals surface area contributed by atoms with Crippen LogP contribution in [0.2, 0.25) is 0 Å². The minimum atomic E-state index is -0.284. The van der Waals surface area contributed by atoms with E-state index >= 15 is 0 Å². The number of aromatic hydroxyl groups is 1. The Balaban J connectivity index is 2.84. The number of furan rings is 1. The van der Waals surface area contributed by atoms with Crippen molar-refractivity contribution in [2.24, 2.45) is 5.18 Å². The quantitative estimate of drug-likeness (QED) is 0.780. The van der Waals surface area contributed by atoms with Gasteiger partial charge >= 0.3 is 5.88 Å². The van der Waals surface area contributed by atoms with Crippen molar-refractivity contribution < 1.29 is 9.52 Å². The first-order valence-corrected chi connectivity index (χ1v) is 4.26. The summed E-state index contributed by atoms with van der Waals surface area (Å²) in [5.74, 6) is -0.501. The van der Waals surface area contributed by atoms with Gasteiger partial charge in [0.2, 0.25) is 0 Å². The van der Waals surface area contributed by atoms with Crippen LogP contribution in [0.15, 0.2) is 32.3 Å². The van der Waals surface area contributed by atoms with Crippen LogP contribution in [0.3, 0.4) is 0 Å². The Kier molecular flexibility index (Phi) is 1.81. The number of fused-ring (bicyclic) bond motifs is 1. The summed E-state index contributed by atoms with van der Waals surface area (Å²) in [6.07, 6.45) is 0. The first kappa shape index (κ1) is 8.25. The normalized spacial score (nSPS) is 10.5. The van der Waals surface area contributed by atoms with Crippen molar-refractivity contribution in [1.29, 1.82) is 0 Å². The molecule has 2 aromatic rings. The van der Waals surface area contributed by atoms with Crippen LogP contribution in [0.1, 0.15) is 0 Å². The third kappa shape index (κ3) is 1.21. The van der Waals surface area contributed by atoms with Gasteiger partial charge < -0.3 is 9.52 Å². The standard InChI is InChI=1S/C8H4BrNO3/c9-4-1-2-6-5(3-4)7(11)8(10-12)13-6/h1-3,11H. The Morgan fingerprint density at radius 3 is 2.92 bits per heavy atom. The van der Waals surface area contributed by atoms with E-state index in [1.165, 1.54) is 0 Å². The molecule has 5 heteroatoms. The second-order valence-corrected chi connectivity index (χ2v) is 3.40. The Labute approximate surface area is 81.3 Å². The number of rotatable bonds is 1. The highest BCUT2D eigenvalue weighted by atomic mass is 79.9. The molecule has 0 fully saturated rings. The molecule has 0 saturated heterocycles. The highest BCUT2D eigenvalue weighted by Gasteiger charge is 2.13. The topological polar surface area (TPSA) is 62.8 Å². The molecular weight excluding hydrogens is 238 g/mol. The van der Waals surface area contributed by atoms with Gasteiger partial charge in [0.25, 0.3) is 0 Å². The van der Waals surface area contributed by atoms with Crippen LogP contribution < -0.4 is 0 Å². The number of nitrogens with zero attached hydrogens (tertiary/aromatic N) is 1. The fraction of sp³-hybridized carbons (Fsp3) is 0. The summed E-state index contributed by atoms with van der Waals surface area (Å²) in [5.41, 5.74) is 0.440. The molecule has 0 atom stereocenters. The van der Waals surface area contributed by atoms with E-state index in [1.54, 1.807) is 18.2 Å². The second-order valence-electron chi connectivity index (χ2n) is 2.49. The van der Waals surface area contributed by atoms with E-state index in [4.69, 9.17) is 4.42 Å². The van der Waals surface area contributed by atoms with Crippen molar-refractivity contribution >= 4 is 32.8 Å². The third-order valence-corrected chi connectivity index (χ3v) is 2.18. The molecule has 0 spiro atoms. The molecule has 0 aliphatic rings. The molecule has 1 aromatic heterocycles. The van der Waals surface area contributed by atoms with Crippen LogP contribution >= 0.6 is 15.9 Å². The van der Waals surface area contributed by atoms with Crippen molar-refractivity contribution in [1.82, 2.24) is 0 Å². The largest absolute Gasteiger partial charge is 0.502 e. The van der Waals surface area contributed by atoms with Gasteiger partial charge in [-0.1, -0.05) is 15.9 Å². The monoisotopic (exact) mass is 241 g/mol. The Bertz CT molecular complexity index is 477. The lowest BCUT2D eigenvalue weighted by Gasteiger charge is -1.88. The number of halogens is 1. The highest BCUT2D eigenvalue weighted by molar-refractivity contribution is 9.10. The zero-order valence-electron chi connectivity index (χ0n) is 6.32. The van der Waals surface area contributed by atoms with E-state index in [2.05, 4.69) is 21.1 Å². The van der Waals surface area contributed by atoms with E-state index < -0.39 is 0 Å². The maximum Gasteiger partial charge on any atom is 0.304 e. The Morgan fingerprint density at radius 2 is 2.23 bits per heavy atom. The summed E-state index contributed by atoms with van der Waals surface area (Å²) in [5, 5.41) is 12.4. The summed E-state index contributed by atoms with van der Waals surface area (Å²) in [7, 11) is 0. The summed E-state index contributed by atoms with van der Waals surface area (Å²) in [6, 6.07) is 5.05. The van der Waals surface area contributed by atoms with Crippen molar-refractivity contribution in [2.75, 3.05) is 0 Å². The minimum Gasteiger partial charge on any atom is -0.502 e. The summed E-state index contributed by atoms with van der Waals surface area (Å²) < 4.78 is 5.75. The summed E-state index contributed by atoms with van der Waals surface area (Å²) in [4.78, 5) is 10.2. The molecule has 0 aliphatic heterocycles. The van der Waals surface area contributed by atoms with Crippen LogP contribution in [0.4, 0.5) is 5.88 Å². The summed E-state index contributed by atoms with van der Waals surface area (Å²) >= 11 is 3.24. The third-order valence-electron chi connectivity index (χ3n) is 1.69. The van der Waals surface area contributed by atoms with Gasteiger partial charge in [0.1, 0.15) is 5.58 Å². The lowest BCUT2D eigenvalue weighted by molar-refractivity contribution is 0.469. The zero-order chi connectivity index (χ0) is 9.42. The molecule has 0 radical (unpaired) electrons. The molecule has 0 amide bonds. The summed E-state index contributed by atoms with van der Waals surface area (Å²) in [6.45, 7) is 0. The number of hydrogen-bond acceptors (Lipinski definition) is 4. The van der Waals surface area contributed by atoms with E-state index in [-0.39, 0.29) is 11.6 Å². The molecule has 0 aliphatic carbocycles. The van der Waals surface area contributed by atoms with E-state index in [9.17, 15) is 10.0 Å². The smallest absolute Gasteiger partial charge is 0.304 e. The lowest BCUT2D eigenvalue weighted by atomic mass is 10.2. The molecule has 66 valence electrons. The predicted molar refractivity (Wildman–Crippen MR) is 51.0 cm³/mol. The first-order chi connectivity index (χ1) is 6.22. The van der Waals surface area contributed by atoms with Crippen molar-refractivity contribution in [3.05, 3.63) is 27.6 Å². The average Bonchev–Trinajstić information content (AvgIpc) is 2.44. The fourth-order valence-corrected chi connectivity index (χ4v) is 1.47. The molecule has 4 nitrogen and oxygen atoms in total. The molecule has 1 heterocycles. The highest BCUT2D eigenvalue weighted by Crippen LogP contribution is 2.38. The number of nitroso groups, excluding NO2 is 1. The molecule has 0 bridgehead atoms. The first-order valence-electron chi connectivity index (χ1n) is 3.47. The molecule has 13 heavy (non-hydrogen) atoms. The van der Waals surface area contributed by atoms with Gasteiger partial charge in [-0.3, -0.25) is 0 Å². The maximum absolute atomic E-state index is 10.2. The van der Waals surface area contributed by atoms with Crippen LogP contribution in [-0.2, 0) is 0 Å². The second kappa shape index (κ2) is 2.85. The Morgan fingerprint density at radius 1 is 1.46 bits per heavy atom. The van der Waals surface area contributed by atoms with Crippen LogP contribution in [-0.4, -0.2) is 5.11 Å². The SMILES string of the molecule is O=Nc1oc2ccc(Br)cc2c1O. The van der Waals surface area contributed by atoms with Crippen molar-refractivity contribution in [2.45, 2.75) is 0 Å². The van der Waals surface area contributed by atoms with Gasteiger partial charge in [0.05, 0.1) is 5.39 Å². The van der Waals surface area contributed by atoms with E-state index in [0.717, 1.165) is 4.47 Å². The molecule has 0 unspecified atom stereocenters. The van der Waals surface area contributed by atoms with Crippen LogP contribution in [0, 0.1) is 4.91 Å². The van der Waals surface area contributed by atoms with E-state index in [1.807, 2.05) is 0 Å². The minimum absolute atomic E-state index is 0.216. The van der Waals surface area contributed by atoms with Gasteiger partial charge in [0.15, 0.2) is 5.75 Å². The van der Waals surface area contributed by atoms with Gasteiger partial charge in [-0.2, -0.15) is 0 Å².